The molecule has 1 aliphatic rings. The van der Waals surface area contributed by atoms with Crippen LogP contribution in [0.2, 0.25) is 0 Å². The van der Waals surface area contributed by atoms with Crippen LogP contribution in [0.5, 0.6) is 11.5 Å². The molecule has 6 nitrogen and oxygen atoms in total. The summed E-state index contributed by atoms with van der Waals surface area (Å²) in [5.74, 6) is 1.58. The Morgan fingerprint density at radius 2 is 1.66 bits per heavy atom. The minimum atomic E-state index is -0.116. The van der Waals surface area contributed by atoms with E-state index in [1.807, 2.05) is 73.1 Å². The lowest BCUT2D eigenvalue weighted by atomic mass is 10.0. The number of benzene rings is 2. The fraction of sp³-hybridized carbons (Fsp3) is 0.129. The smallest absolute Gasteiger partial charge is 0.174 e. The van der Waals surface area contributed by atoms with Crippen molar-refractivity contribution in [2.24, 2.45) is 0 Å². The Kier molecular flexibility index (Phi) is 6.58. The molecular formula is C31H27N5OS. The van der Waals surface area contributed by atoms with Gasteiger partial charge in [0.15, 0.2) is 5.11 Å². The van der Waals surface area contributed by atoms with Crippen LogP contribution in [0.3, 0.4) is 0 Å². The number of pyridine rings is 2. The molecule has 0 radical (unpaired) electrons. The number of ether oxygens (including phenoxy) is 1. The number of aryl methyl sites for hydroxylation is 1. The Balaban J connectivity index is 1.35. The number of nitrogens with zero attached hydrogens (tertiary/aromatic N) is 4. The topological polar surface area (TPSA) is 55.2 Å². The molecule has 1 saturated heterocycles. The number of hydrogen-bond donors (Lipinski definition) is 1. The first-order chi connectivity index (χ1) is 18.7. The highest BCUT2D eigenvalue weighted by Gasteiger charge is 2.42. The van der Waals surface area contributed by atoms with Gasteiger partial charge in [0.1, 0.15) is 17.5 Å². The van der Waals surface area contributed by atoms with E-state index in [-0.39, 0.29) is 12.1 Å². The molecule has 188 valence electrons. The van der Waals surface area contributed by atoms with Crippen LogP contribution in [-0.4, -0.2) is 19.6 Å². The molecule has 5 aromatic rings. The average molecular weight is 518 g/mol. The lowest BCUT2D eigenvalue weighted by Crippen LogP contribution is -2.30. The second-order valence-electron chi connectivity index (χ2n) is 9.33. The molecule has 38 heavy (non-hydrogen) atoms. The van der Waals surface area contributed by atoms with E-state index in [0.29, 0.717) is 11.7 Å². The summed E-state index contributed by atoms with van der Waals surface area (Å²) < 4.78 is 8.32. The van der Waals surface area contributed by atoms with Crippen molar-refractivity contribution in [3.05, 3.63) is 138 Å². The molecule has 1 fully saturated rings. The van der Waals surface area contributed by atoms with Crippen molar-refractivity contribution in [1.82, 2.24) is 19.9 Å². The van der Waals surface area contributed by atoms with Gasteiger partial charge in [0.25, 0.3) is 0 Å². The monoisotopic (exact) mass is 517 g/mol. The van der Waals surface area contributed by atoms with Gasteiger partial charge in [-0.05, 0) is 91.4 Å². The average Bonchev–Trinajstić information content (AvgIpc) is 3.55. The Morgan fingerprint density at radius 3 is 2.37 bits per heavy atom. The summed E-state index contributed by atoms with van der Waals surface area (Å²) in [6.45, 7) is 2.78. The van der Waals surface area contributed by atoms with E-state index in [1.54, 1.807) is 6.20 Å². The van der Waals surface area contributed by atoms with Gasteiger partial charge in [-0.25, -0.2) is 0 Å². The molecule has 2 atom stereocenters. The van der Waals surface area contributed by atoms with Gasteiger partial charge in [-0.15, -0.1) is 0 Å². The largest absolute Gasteiger partial charge is 0.457 e. The summed E-state index contributed by atoms with van der Waals surface area (Å²) in [5, 5.41) is 4.21. The van der Waals surface area contributed by atoms with Gasteiger partial charge in [0.2, 0.25) is 0 Å². The quantitative estimate of drug-likeness (QED) is 0.245. The fourth-order valence-electron chi connectivity index (χ4n) is 4.88. The zero-order chi connectivity index (χ0) is 25.9. The number of anilines is 1. The number of hydrogen-bond acceptors (Lipinski definition) is 4. The van der Waals surface area contributed by atoms with Gasteiger partial charge < -0.3 is 19.5 Å². The third kappa shape index (κ3) is 4.88. The van der Waals surface area contributed by atoms with Crippen molar-refractivity contribution < 1.29 is 4.74 Å². The van der Waals surface area contributed by atoms with E-state index in [0.717, 1.165) is 34.1 Å². The Morgan fingerprint density at radius 1 is 0.868 bits per heavy atom. The SMILES string of the molecule is Cc1ccc(Oc2ccc(N3C(=S)NC(c4ccccn4)C3c3cccn3Cc3cccnc3)cc2)cc1. The first-order valence-corrected chi connectivity index (χ1v) is 13.0. The molecule has 7 heteroatoms. The molecule has 4 heterocycles. The summed E-state index contributed by atoms with van der Waals surface area (Å²) in [5.41, 5.74) is 5.39. The van der Waals surface area contributed by atoms with E-state index in [2.05, 4.69) is 68.2 Å². The minimum Gasteiger partial charge on any atom is -0.457 e. The maximum atomic E-state index is 6.07. The number of thiocarbonyl (C=S) groups is 1. The van der Waals surface area contributed by atoms with Gasteiger partial charge >= 0.3 is 0 Å². The maximum Gasteiger partial charge on any atom is 0.174 e. The molecule has 0 saturated carbocycles. The summed E-state index contributed by atoms with van der Waals surface area (Å²) in [7, 11) is 0. The summed E-state index contributed by atoms with van der Waals surface area (Å²) in [6, 6.07) is 30.2. The Bertz CT molecular complexity index is 1520. The van der Waals surface area contributed by atoms with Crippen molar-refractivity contribution in [3.63, 3.8) is 0 Å². The molecule has 0 bridgehead atoms. The Labute approximate surface area is 227 Å². The van der Waals surface area contributed by atoms with Crippen LogP contribution in [0.1, 0.15) is 34.6 Å². The van der Waals surface area contributed by atoms with Crippen LogP contribution in [0.4, 0.5) is 5.69 Å². The molecule has 0 amide bonds. The Hall–Kier alpha value is -4.49. The van der Waals surface area contributed by atoms with E-state index in [9.17, 15) is 0 Å². The third-order valence-corrected chi connectivity index (χ3v) is 7.03. The predicted octanol–water partition coefficient (Wildman–Crippen LogP) is 6.60. The molecule has 6 rings (SSSR count). The van der Waals surface area contributed by atoms with Gasteiger partial charge in [-0.3, -0.25) is 9.97 Å². The molecular weight excluding hydrogens is 490 g/mol. The molecule has 0 spiro atoms. The van der Waals surface area contributed by atoms with Crippen LogP contribution in [0.25, 0.3) is 0 Å². The highest BCUT2D eigenvalue weighted by molar-refractivity contribution is 7.80. The number of nitrogens with one attached hydrogen (secondary N) is 1. The van der Waals surface area contributed by atoms with Crippen molar-refractivity contribution in [2.45, 2.75) is 25.6 Å². The summed E-state index contributed by atoms with van der Waals surface area (Å²) >= 11 is 5.91. The summed E-state index contributed by atoms with van der Waals surface area (Å²) in [6.07, 6.45) is 7.63. The van der Waals surface area contributed by atoms with Crippen molar-refractivity contribution in [2.75, 3.05) is 4.90 Å². The van der Waals surface area contributed by atoms with E-state index in [4.69, 9.17) is 17.0 Å². The molecule has 1 N–H and O–H groups in total. The van der Waals surface area contributed by atoms with Crippen LogP contribution >= 0.6 is 12.2 Å². The van der Waals surface area contributed by atoms with Gasteiger partial charge in [0, 0.05) is 42.7 Å². The van der Waals surface area contributed by atoms with Gasteiger partial charge in [-0.2, -0.15) is 0 Å². The second-order valence-corrected chi connectivity index (χ2v) is 9.71. The molecule has 3 aromatic heterocycles. The molecule has 2 unspecified atom stereocenters. The normalized spacial score (nSPS) is 16.9. The second kappa shape index (κ2) is 10.5. The van der Waals surface area contributed by atoms with Crippen LogP contribution in [0.15, 0.2) is 116 Å². The van der Waals surface area contributed by atoms with E-state index in [1.165, 1.54) is 5.56 Å². The van der Waals surface area contributed by atoms with Crippen LogP contribution < -0.4 is 15.0 Å². The van der Waals surface area contributed by atoms with E-state index >= 15 is 0 Å². The van der Waals surface area contributed by atoms with Crippen molar-refractivity contribution in [1.29, 1.82) is 0 Å². The fourth-order valence-corrected chi connectivity index (χ4v) is 5.22. The highest BCUT2D eigenvalue weighted by atomic mass is 32.1. The predicted molar refractivity (Wildman–Crippen MR) is 153 cm³/mol. The summed E-state index contributed by atoms with van der Waals surface area (Å²) in [4.78, 5) is 11.1. The zero-order valence-corrected chi connectivity index (χ0v) is 21.8. The van der Waals surface area contributed by atoms with Gasteiger partial charge in [-0.1, -0.05) is 29.8 Å². The van der Waals surface area contributed by atoms with Crippen molar-refractivity contribution >= 4 is 23.0 Å². The molecule has 2 aromatic carbocycles. The molecule has 0 aliphatic carbocycles. The highest BCUT2D eigenvalue weighted by Crippen LogP contribution is 2.42. The lowest BCUT2D eigenvalue weighted by Gasteiger charge is -2.29. The first-order valence-electron chi connectivity index (χ1n) is 12.5. The first kappa shape index (κ1) is 23.9. The van der Waals surface area contributed by atoms with E-state index < -0.39 is 0 Å². The standard InChI is InChI=1S/C31H27N5OS/c1-22-9-13-25(14-10-22)37-26-15-11-24(12-16-26)36-30(29(34-31(36)38)27-7-2-3-18-33-27)28-8-5-19-35(28)21-23-6-4-17-32-20-23/h2-20,29-30H,21H2,1H3,(H,34,38). The van der Waals surface area contributed by atoms with Crippen molar-refractivity contribution in [3.8, 4) is 11.5 Å². The lowest BCUT2D eigenvalue weighted by molar-refractivity contribution is 0.482. The zero-order valence-electron chi connectivity index (χ0n) is 20.9. The maximum absolute atomic E-state index is 6.07. The third-order valence-electron chi connectivity index (χ3n) is 6.71. The minimum absolute atomic E-state index is 0.104. The number of aromatic nitrogens is 3. The van der Waals surface area contributed by atoms with Gasteiger partial charge in [0.05, 0.1) is 11.7 Å². The number of rotatable bonds is 7. The van der Waals surface area contributed by atoms with Crippen LogP contribution in [0, 0.1) is 6.92 Å². The van der Waals surface area contributed by atoms with Crippen LogP contribution in [-0.2, 0) is 6.54 Å². The molecule has 1 aliphatic heterocycles.